The quantitative estimate of drug-likeness (QED) is 0.376. The molecule has 0 atom stereocenters. The molecule has 0 aromatic heterocycles. The van der Waals surface area contributed by atoms with Crippen molar-refractivity contribution < 1.29 is 0 Å². The van der Waals surface area contributed by atoms with Crippen molar-refractivity contribution in [2.75, 3.05) is 13.6 Å². The lowest BCUT2D eigenvalue weighted by Gasteiger charge is -1.95. The average Bonchev–Trinajstić information content (AvgIpc) is 2.25. The molecule has 2 N–H and O–H groups in total. The summed E-state index contributed by atoms with van der Waals surface area (Å²) in [5.41, 5.74) is 4.38. The topological polar surface area (TPSA) is 48.8 Å². The Labute approximate surface area is 91.2 Å². The molecule has 0 unspecified atom stereocenters. The van der Waals surface area contributed by atoms with E-state index in [-0.39, 0.29) is 0 Å². The first kappa shape index (κ1) is 13.2. The standard InChI is InChI=1S/C11H18N4/c1-5-11(12-4)9-13-7-10(3)8-15-14-6-2/h5,7-9,12,14H,1,3,6H2,2,4H3/b11-9+,13-7+,15-8-. The minimum Gasteiger partial charge on any atom is -0.387 e. The van der Waals surface area contributed by atoms with Crippen molar-refractivity contribution >= 4 is 12.4 Å². The molecule has 0 aliphatic heterocycles. The van der Waals surface area contributed by atoms with Crippen LogP contribution in [0.15, 0.2) is 46.8 Å². The molecule has 0 amide bonds. The molecular weight excluding hydrogens is 188 g/mol. The molecule has 0 spiro atoms. The van der Waals surface area contributed by atoms with Crippen molar-refractivity contribution in [3.63, 3.8) is 0 Å². The average molecular weight is 206 g/mol. The molecule has 15 heavy (non-hydrogen) atoms. The molecule has 4 nitrogen and oxygen atoms in total. The fraction of sp³-hybridized carbons (Fsp3) is 0.273. The van der Waals surface area contributed by atoms with Gasteiger partial charge in [0, 0.05) is 31.6 Å². The lowest BCUT2D eigenvalue weighted by atomic mass is 10.4. The van der Waals surface area contributed by atoms with Crippen LogP contribution in [-0.2, 0) is 0 Å². The molecule has 0 aromatic rings. The molecule has 0 aromatic carbocycles. The fourth-order valence-corrected chi connectivity index (χ4v) is 0.686. The molecule has 0 bridgehead atoms. The van der Waals surface area contributed by atoms with Gasteiger partial charge in [0.25, 0.3) is 0 Å². The summed E-state index contributed by atoms with van der Waals surface area (Å²) in [5.74, 6) is 0. The van der Waals surface area contributed by atoms with Gasteiger partial charge in [0.1, 0.15) is 0 Å². The summed E-state index contributed by atoms with van der Waals surface area (Å²) >= 11 is 0. The van der Waals surface area contributed by atoms with Gasteiger partial charge in [-0.25, -0.2) is 0 Å². The molecule has 0 saturated carbocycles. The van der Waals surface area contributed by atoms with E-state index in [0.717, 1.165) is 17.8 Å². The second kappa shape index (κ2) is 8.74. The maximum Gasteiger partial charge on any atom is 0.0549 e. The molecule has 0 heterocycles. The Hall–Kier alpha value is -1.84. The van der Waals surface area contributed by atoms with Crippen molar-refractivity contribution in [1.82, 2.24) is 10.7 Å². The number of allylic oxidation sites excluding steroid dienone is 2. The van der Waals surface area contributed by atoms with Gasteiger partial charge in [0.15, 0.2) is 0 Å². The molecule has 82 valence electrons. The van der Waals surface area contributed by atoms with Crippen LogP contribution in [0.5, 0.6) is 0 Å². The van der Waals surface area contributed by atoms with E-state index in [0.29, 0.717) is 0 Å². The van der Waals surface area contributed by atoms with Gasteiger partial charge in [-0.3, -0.25) is 4.99 Å². The third-order valence-electron chi connectivity index (χ3n) is 1.44. The van der Waals surface area contributed by atoms with Crippen LogP contribution in [0.3, 0.4) is 0 Å². The van der Waals surface area contributed by atoms with Crippen LogP contribution in [0.25, 0.3) is 0 Å². The largest absolute Gasteiger partial charge is 0.387 e. The predicted octanol–water partition coefficient (Wildman–Crippen LogP) is 1.46. The Morgan fingerprint density at radius 2 is 2.13 bits per heavy atom. The number of likely N-dealkylation sites (N-methyl/N-ethyl adjacent to an activating group) is 1. The van der Waals surface area contributed by atoms with Crippen LogP contribution in [0.1, 0.15) is 6.92 Å². The number of nitrogens with one attached hydrogen (secondary N) is 2. The normalized spacial score (nSPS) is 12.0. The third kappa shape index (κ3) is 7.25. The summed E-state index contributed by atoms with van der Waals surface area (Å²) in [4.78, 5) is 4.05. The van der Waals surface area contributed by atoms with Gasteiger partial charge >= 0.3 is 0 Å². The predicted molar refractivity (Wildman–Crippen MR) is 67.1 cm³/mol. The Morgan fingerprint density at radius 3 is 2.67 bits per heavy atom. The SMILES string of the molecule is C=C/C(=C\N=C\C(=C)/C=N\NCC)NC. The number of rotatable bonds is 7. The van der Waals surface area contributed by atoms with Crippen LogP contribution in [0.4, 0.5) is 0 Å². The number of hydrogen-bond acceptors (Lipinski definition) is 4. The van der Waals surface area contributed by atoms with E-state index < -0.39 is 0 Å². The van der Waals surface area contributed by atoms with Crippen LogP contribution < -0.4 is 10.7 Å². The lowest BCUT2D eigenvalue weighted by molar-refractivity contribution is 0.788. The second-order valence-electron chi connectivity index (χ2n) is 2.66. The minimum absolute atomic E-state index is 0.728. The van der Waals surface area contributed by atoms with E-state index in [2.05, 4.69) is 34.0 Å². The van der Waals surface area contributed by atoms with E-state index in [9.17, 15) is 0 Å². The van der Waals surface area contributed by atoms with Gasteiger partial charge < -0.3 is 10.7 Å². The first-order valence-corrected chi connectivity index (χ1v) is 4.73. The van der Waals surface area contributed by atoms with Gasteiger partial charge in [-0.2, -0.15) is 5.10 Å². The van der Waals surface area contributed by atoms with Crippen LogP contribution in [-0.4, -0.2) is 26.0 Å². The number of hydrazone groups is 1. The van der Waals surface area contributed by atoms with Crippen LogP contribution >= 0.6 is 0 Å². The fourth-order valence-electron chi connectivity index (χ4n) is 0.686. The molecule has 0 fully saturated rings. The Bertz CT molecular complexity index is 287. The van der Waals surface area contributed by atoms with Crippen LogP contribution in [0, 0.1) is 0 Å². The van der Waals surface area contributed by atoms with Crippen LogP contribution in [0.2, 0.25) is 0 Å². The summed E-state index contributed by atoms with van der Waals surface area (Å²) < 4.78 is 0. The highest BCUT2D eigenvalue weighted by Crippen LogP contribution is 1.89. The summed E-state index contributed by atoms with van der Waals surface area (Å²) in [6.07, 6.45) is 6.60. The molecule has 0 saturated heterocycles. The highest BCUT2D eigenvalue weighted by Gasteiger charge is 1.83. The van der Waals surface area contributed by atoms with Gasteiger partial charge in [-0.05, 0) is 13.0 Å². The Balaban J connectivity index is 4.11. The summed E-state index contributed by atoms with van der Waals surface area (Å²) in [6, 6.07) is 0. The summed E-state index contributed by atoms with van der Waals surface area (Å²) in [7, 11) is 1.81. The summed E-state index contributed by atoms with van der Waals surface area (Å²) in [5, 5.41) is 6.84. The molecule has 0 radical (unpaired) electrons. The van der Waals surface area contributed by atoms with E-state index in [1.165, 1.54) is 0 Å². The maximum atomic E-state index is 4.05. The second-order valence-corrected chi connectivity index (χ2v) is 2.66. The first-order valence-electron chi connectivity index (χ1n) is 4.73. The maximum absolute atomic E-state index is 4.05. The molecular formula is C11H18N4. The van der Waals surface area contributed by atoms with Gasteiger partial charge in [0.2, 0.25) is 0 Å². The van der Waals surface area contributed by atoms with Gasteiger partial charge in [0.05, 0.1) is 11.9 Å². The third-order valence-corrected chi connectivity index (χ3v) is 1.44. The molecule has 0 aliphatic carbocycles. The van der Waals surface area contributed by atoms with Crippen molar-refractivity contribution in [2.45, 2.75) is 6.92 Å². The monoisotopic (exact) mass is 206 g/mol. The van der Waals surface area contributed by atoms with E-state index >= 15 is 0 Å². The van der Waals surface area contributed by atoms with Gasteiger partial charge in [-0.1, -0.05) is 13.2 Å². The Kier molecular flexibility index (Phi) is 7.67. The smallest absolute Gasteiger partial charge is 0.0549 e. The zero-order valence-corrected chi connectivity index (χ0v) is 9.33. The first-order chi connectivity index (χ1) is 7.24. The highest BCUT2D eigenvalue weighted by molar-refractivity contribution is 6.03. The lowest BCUT2D eigenvalue weighted by Crippen LogP contribution is -2.03. The highest BCUT2D eigenvalue weighted by atomic mass is 15.3. The number of hydrogen-bond donors (Lipinski definition) is 2. The zero-order chi connectivity index (χ0) is 11.5. The number of nitrogens with zero attached hydrogens (tertiary/aromatic N) is 2. The Morgan fingerprint density at radius 1 is 1.40 bits per heavy atom. The van der Waals surface area contributed by atoms with E-state index in [1.807, 2.05) is 14.0 Å². The van der Waals surface area contributed by atoms with E-state index in [1.54, 1.807) is 24.7 Å². The zero-order valence-electron chi connectivity index (χ0n) is 9.33. The van der Waals surface area contributed by atoms with Crippen molar-refractivity contribution in [2.24, 2.45) is 10.1 Å². The van der Waals surface area contributed by atoms with Crippen molar-refractivity contribution in [1.29, 1.82) is 0 Å². The molecule has 0 rings (SSSR count). The van der Waals surface area contributed by atoms with E-state index in [4.69, 9.17) is 0 Å². The molecule has 0 aliphatic rings. The minimum atomic E-state index is 0.728. The summed E-state index contributed by atoms with van der Waals surface area (Å²) in [6.45, 7) is 10.2. The van der Waals surface area contributed by atoms with Crippen molar-refractivity contribution in [3.05, 3.63) is 36.7 Å². The van der Waals surface area contributed by atoms with Crippen molar-refractivity contribution in [3.8, 4) is 0 Å². The number of aliphatic imine (C=N–C) groups is 1. The van der Waals surface area contributed by atoms with Gasteiger partial charge in [-0.15, -0.1) is 0 Å². The molecule has 4 heteroatoms.